The third-order valence-electron chi connectivity index (χ3n) is 3.04. The van der Waals surface area contributed by atoms with Gasteiger partial charge in [0, 0.05) is 7.11 Å². The van der Waals surface area contributed by atoms with E-state index in [9.17, 15) is 5.11 Å². The van der Waals surface area contributed by atoms with Crippen molar-refractivity contribution >= 4 is 0 Å². The SMILES string of the molecule is COCC(O)CCNCCCN1CCCC1. The fourth-order valence-corrected chi connectivity index (χ4v) is 2.10. The van der Waals surface area contributed by atoms with Crippen LogP contribution in [0.2, 0.25) is 0 Å². The average Bonchev–Trinajstić information content (AvgIpc) is 2.76. The van der Waals surface area contributed by atoms with E-state index in [0.717, 1.165) is 19.5 Å². The zero-order valence-corrected chi connectivity index (χ0v) is 10.5. The number of aliphatic hydroxyl groups excluding tert-OH is 1. The average molecular weight is 230 g/mol. The van der Waals surface area contributed by atoms with Crippen molar-refractivity contribution < 1.29 is 9.84 Å². The molecule has 1 fully saturated rings. The van der Waals surface area contributed by atoms with Gasteiger partial charge in [0.1, 0.15) is 0 Å². The smallest absolute Gasteiger partial charge is 0.0785 e. The zero-order chi connectivity index (χ0) is 11.6. The molecule has 1 unspecified atom stereocenters. The Morgan fingerprint density at radius 1 is 1.31 bits per heavy atom. The van der Waals surface area contributed by atoms with Crippen LogP contribution in [0, 0.1) is 0 Å². The Morgan fingerprint density at radius 3 is 2.75 bits per heavy atom. The van der Waals surface area contributed by atoms with Gasteiger partial charge < -0.3 is 20.1 Å². The van der Waals surface area contributed by atoms with Crippen molar-refractivity contribution in [3.05, 3.63) is 0 Å². The van der Waals surface area contributed by atoms with E-state index < -0.39 is 0 Å². The van der Waals surface area contributed by atoms with Gasteiger partial charge in [-0.05, 0) is 58.4 Å². The van der Waals surface area contributed by atoms with Gasteiger partial charge in [-0.25, -0.2) is 0 Å². The van der Waals surface area contributed by atoms with Gasteiger partial charge in [-0.2, -0.15) is 0 Å². The Labute approximate surface area is 99.0 Å². The monoisotopic (exact) mass is 230 g/mol. The Morgan fingerprint density at radius 2 is 2.06 bits per heavy atom. The standard InChI is InChI=1S/C12H26N2O2/c1-16-11-12(15)5-7-13-6-4-10-14-8-2-3-9-14/h12-13,15H,2-11H2,1H3. The van der Waals surface area contributed by atoms with Gasteiger partial charge in [-0.1, -0.05) is 0 Å². The summed E-state index contributed by atoms with van der Waals surface area (Å²) in [6, 6.07) is 0. The maximum absolute atomic E-state index is 9.41. The Balaban J connectivity index is 1.80. The molecule has 0 saturated carbocycles. The van der Waals surface area contributed by atoms with E-state index in [1.165, 1.54) is 38.9 Å². The number of methoxy groups -OCH3 is 1. The normalized spacial score (nSPS) is 19.1. The summed E-state index contributed by atoms with van der Waals surface area (Å²) in [5, 5.41) is 12.8. The lowest BCUT2D eigenvalue weighted by molar-refractivity contribution is 0.0594. The molecule has 2 N–H and O–H groups in total. The molecule has 1 aliphatic rings. The quantitative estimate of drug-likeness (QED) is 0.565. The first-order valence-electron chi connectivity index (χ1n) is 6.43. The second kappa shape index (κ2) is 8.93. The first kappa shape index (κ1) is 13.9. The highest BCUT2D eigenvalue weighted by atomic mass is 16.5. The van der Waals surface area contributed by atoms with Gasteiger partial charge in [0.05, 0.1) is 12.7 Å². The summed E-state index contributed by atoms with van der Waals surface area (Å²) in [6.07, 6.45) is 4.40. The maximum atomic E-state index is 9.41. The first-order chi connectivity index (χ1) is 7.83. The van der Waals surface area contributed by atoms with Gasteiger partial charge in [0.2, 0.25) is 0 Å². The van der Waals surface area contributed by atoms with Crippen LogP contribution in [-0.4, -0.2) is 62.6 Å². The van der Waals surface area contributed by atoms with Crippen molar-refractivity contribution in [2.75, 3.05) is 46.4 Å². The van der Waals surface area contributed by atoms with E-state index in [2.05, 4.69) is 10.2 Å². The number of ether oxygens (including phenoxy) is 1. The van der Waals surface area contributed by atoms with Gasteiger partial charge in [-0.3, -0.25) is 0 Å². The minimum atomic E-state index is -0.323. The second-order valence-electron chi connectivity index (χ2n) is 4.55. The highest BCUT2D eigenvalue weighted by Gasteiger charge is 2.09. The molecule has 0 spiro atoms. The fourth-order valence-electron chi connectivity index (χ4n) is 2.10. The molecular weight excluding hydrogens is 204 g/mol. The van der Waals surface area contributed by atoms with Gasteiger partial charge in [0.25, 0.3) is 0 Å². The van der Waals surface area contributed by atoms with Gasteiger partial charge in [-0.15, -0.1) is 0 Å². The van der Waals surface area contributed by atoms with E-state index in [-0.39, 0.29) is 6.10 Å². The zero-order valence-electron chi connectivity index (χ0n) is 10.5. The minimum Gasteiger partial charge on any atom is -0.391 e. The number of nitrogens with one attached hydrogen (secondary N) is 1. The molecule has 1 atom stereocenters. The van der Waals surface area contributed by atoms with Crippen LogP contribution < -0.4 is 5.32 Å². The molecule has 0 bridgehead atoms. The van der Waals surface area contributed by atoms with E-state index in [4.69, 9.17) is 4.74 Å². The molecule has 0 radical (unpaired) electrons. The molecule has 1 saturated heterocycles. The van der Waals surface area contributed by atoms with Crippen LogP contribution in [0.1, 0.15) is 25.7 Å². The van der Waals surface area contributed by atoms with Crippen molar-refractivity contribution in [2.45, 2.75) is 31.8 Å². The largest absolute Gasteiger partial charge is 0.391 e. The van der Waals surface area contributed by atoms with Crippen LogP contribution >= 0.6 is 0 Å². The minimum absolute atomic E-state index is 0.323. The van der Waals surface area contributed by atoms with Crippen LogP contribution in [0.25, 0.3) is 0 Å². The second-order valence-corrected chi connectivity index (χ2v) is 4.55. The highest BCUT2D eigenvalue weighted by molar-refractivity contribution is 4.66. The topological polar surface area (TPSA) is 44.7 Å². The van der Waals surface area contributed by atoms with E-state index >= 15 is 0 Å². The highest BCUT2D eigenvalue weighted by Crippen LogP contribution is 2.06. The summed E-state index contributed by atoms with van der Waals surface area (Å²) in [4.78, 5) is 2.53. The van der Waals surface area contributed by atoms with E-state index in [1.54, 1.807) is 7.11 Å². The molecule has 0 aliphatic carbocycles. The molecule has 0 aromatic rings. The fraction of sp³-hybridized carbons (Fsp3) is 1.00. The van der Waals surface area contributed by atoms with Crippen LogP contribution in [-0.2, 0) is 4.74 Å². The first-order valence-corrected chi connectivity index (χ1v) is 6.43. The van der Waals surface area contributed by atoms with Crippen LogP contribution in [0.15, 0.2) is 0 Å². The summed E-state index contributed by atoms with van der Waals surface area (Å²) >= 11 is 0. The number of hydrogen-bond donors (Lipinski definition) is 2. The third kappa shape index (κ3) is 6.43. The lowest BCUT2D eigenvalue weighted by Crippen LogP contribution is -2.27. The summed E-state index contributed by atoms with van der Waals surface area (Å²) < 4.78 is 4.86. The lowest BCUT2D eigenvalue weighted by atomic mass is 10.2. The molecular formula is C12H26N2O2. The summed E-state index contributed by atoms with van der Waals surface area (Å²) in [5.74, 6) is 0. The van der Waals surface area contributed by atoms with Crippen molar-refractivity contribution in [2.24, 2.45) is 0 Å². The molecule has 1 heterocycles. The van der Waals surface area contributed by atoms with Crippen LogP contribution in [0.4, 0.5) is 0 Å². The van der Waals surface area contributed by atoms with Crippen molar-refractivity contribution in [1.82, 2.24) is 10.2 Å². The maximum Gasteiger partial charge on any atom is 0.0785 e. The molecule has 1 aliphatic heterocycles. The summed E-state index contributed by atoms with van der Waals surface area (Å²) in [7, 11) is 1.62. The van der Waals surface area contributed by atoms with E-state index in [0.29, 0.717) is 6.61 Å². The number of nitrogens with zero attached hydrogens (tertiary/aromatic N) is 1. The van der Waals surface area contributed by atoms with Gasteiger partial charge in [0.15, 0.2) is 0 Å². The van der Waals surface area contributed by atoms with Crippen molar-refractivity contribution in [1.29, 1.82) is 0 Å². The molecule has 0 amide bonds. The molecule has 0 aromatic carbocycles. The Bertz CT molecular complexity index is 161. The lowest BCUT2D eigenvalue weighted by Gasteiger charge is -2.14. The number of likely N-dealkylation sites (tertiary alicyclic amines) is 1. The number of aliphatic hydroxyl groups is 1. The predicted octanol–water partition coefficient (Wildman–Crippen LogP) is 0.459. The molecule has 16 heavy (non-hydrogen) atoms. The van der Waals surface area contributed by atoms with Crippen LogP contribution in [0.5, 0.6) is 0 Å². The summed E-state index contributed by atoms with van der Waals surface area (Å²) in [5.41, 5.74) is 0. The molecule has 4 nitrogen and oxygen atoms in total. The molecule has 4 heteroatoms. The summed E-state index contributed by atoms with van der Waals surface area (Å²) in [6.45, 7) is 6.16. The van der Waals surface area contributed by atoms with Crippen LogP contribution in [0.3, 0.4) is 0 Å². The van der Waals surface area contributed by atoms with Crippen molar-refractivity contribution in [3.8, 4) is 0 Å². The van der Waals surface area contributed by atoms with Crippen molar-refractivity contribution in [3.63, 3.8) is 0 Å². The number of hydrogen-bond acceptors (Lipinski definition) is 4. The number of rotatable bonds is 9. The third-order valence-corrected chi connectivity index (χ3v) is 3.04. The predicted molar refractivity (Wildman–Crippen MR) is 65.7 cm³/mol. The van der Waals surface area contributed by atoms with E-state index in [1.807, 2.05) is 0 Å². The molecule has 0 aromatic heterocycles. The Kier molecular flexibility index (Phi) is 7.76. The Hall–Kier alpha value is -0.160. The molecule has 1 rings (SSSR count). The molecule has 96 valence electrons. The van der Waals surface area contributed by atoms with Gasteiger partial charge >= 0.3 is 0 Å².